The van der Waals surface area contributed by atoms with Gasteiger partial charge in [-0.25, -0.2) is 0 Å². The Kier molecular flexibility index (Phi) is 5.04. The number of halogens is 3. The summed E-state index contributed by atoms with van der Waals surface area (Å²) < 4.78 is 41.4. The van der Waals surface area contributed by atoms with Gasteiger partial charge < -0.3 is 10.1 Å². The number of aromatic nitrogens is 2. The van der Waals surface area contributed by atoms with Crippen LogP contribution in [0.4, 0.5) is 13.2 Å². The van der Waals surface area contributed by atoms with Crippen molar-refractivity contribution in [2.24, 2.45) is 0 Å². The third-order valence-corrected chi connectivity index (χ3v) is 3.58. The number of hydrogen-bond acceptors (Lipinski definition) is 3. The van der Waals surface area contributed by atoms with E-state index in [4.69, 9.17) is 4.74 Å². The van der Waals surface area contributed by atoms with Crippen LogP contribution >= 0.6 is 0 Å². The Morgan fingerprint density at radius 1 is 1.50 bits per heavy atom. The van der Waals surface area contributed by atoms with Gasteiger partial charge in [-0.2, -0.15) is 18.3 Å². The standard InChI is InChI=1S/C13H20F3N3O/c1-9(12-5-6-17-19-12)18-10-3-2-4-11(7-10)20-8-13(14,15)16/h5-6,9-11,18H,2-4,7-8H2,1H3,(H,17,19). The normalized spacial score (nSPS) is 25.6. The first kappa shape index (κ1) is 15.3. The molecule has 0 aliphatic heterocycles. The molecule has 2 rings (SSSR count). The lowest BCUT2D eigenvalue weighted by molar-refractivity contribution is -0.188. The van der Waals surface area contributed by atoms with Crippen molar-refractivity contribution in [3.05, 3.63) is 18.0 Å². The van der Waals surface area contributed by atoms with Crippen LogP contribution in [0.5, 0.6) is 0 Å². The molecule has 3 unspecified atom stereocenters. The van der Waals surface area contributed by atoms with Crippen LogP contribution in [0, 0.1) is 0 Å². The lowest BCUT2D eigenvalue weighted by Gasteiger charge is -2.31. The maximum absolute atomic E-state index is 12.2. The van der Waals surface area contributed by atoms with Crippen LogP contribution in [0.3, 0.4) is 0 Å². The molecule has 1 heterocycles. The van der Waals surface area contributed by atoms with Gasteiger partial charge in [-0.1, -0.05) is 0 Å². The number of nitrogens with one attached hydrogen (secondary N) is 2. The summed E-state index contributed by atoms with van der Waals surface area (Å²) in [4.78, 5) is 0. The fraction of sp³-hybridized carbons (Fsp3) is 0.769. The van der Waals surface area contributed by atoms with Crippen LogP contribution in [-0.2, 0) is 4.74 Å². The van der Waals surface area contributed by atoms with E-state index < -0.39 is 12.8 Å². The summed E-state index contributed by atoms with van der Waals surface area (Å²) >= 11 is 0. The molecule has 0 saturated heterocycles. The van der Waals surface area contributed by atoms with E-state index in [-0.39, 0.29) is 18.2 Å². The van der Waals surface area contributed by atoms with E-state index in [2.05, 4.69) is 15.5 Å². The highest BCUT2D eigenvalue weighted by Gasteiger charge is 2.31. The van der Waals surface area contributed by atoms with Gasteiger partial charge in [-0.15, -0.1) is 0 Å². The number of nitrogens with zero attached hydrogens (tertiary/aromatic N) is 1. The first-order valence-corrected chi connectivity index (χ1v) is 6.88. The second kappa shape index (κ2) is 6.58. The molecule has 7 heteroatoms. The minimum absolute atomic E-state index is 0.101. The van der Waals surface area contributed by atoms with Crippen LogP contribution in [0.1, 0.15) is 44.3 Å². The molecule has 1 aliphatic carbocycles. The maximum Gasteiger partial charge on any atom is 0.411 e. The minimum atomic E-state index is -4.25. The molecule has 2 N–H and O–H groups in total. The smallest absolute Gasteiger partial charge is 0.369 e. The lowest BCUT2D eigenvalue weighted by Crippen LogP contribution is -2.39. The Morgan fingerprint density at radius 3 is 2.95 bits per heavy atom. The second-order valence-corrected chi connectivity index (χ2v) is 5.31. The van der Waals surface area contributed by atoms with E-state index >= 15 is 0 Å². The summed E-state index contributed by atoms with van der Waals surface area (Å²) in [6.07, 6.45) is 0.297. The summed E-state index contributed by atoms with van der Waals surface area (Å²) in [5, 5.41) is 10.2. The molecule has 4 nitrogen and oxygen atoms in total. The van der Waals surface area contributed by atoms with Crippen molar-refractivity contribution in [1.82, 2.24) is 15.5 Å². The van der Waals surface area contributed by atoms with E-state index in [1.165, 1.54) is 0 Å². The van der Waals surface area contributed by atoms with Crippen LogP contribution in [-0.4, -0.2) is 35.1 Å². The zero-order valence-electron chi connectivity index (χ0n) is 11.4. The van der Waals surface area contributed by atoms with Gasteiger partial charge in [0.25, 0.3) is 0 Å². The van der Waals surface area contributed by atoms with Crippen molar-refractivity contribution >= 4 is 0 Å². The molecule has 1 fully saturated rings. The molecule has 114 valence electrons. The SMILES string of the molecule is CC(NC1CCCC(OCC(F)(F)F)C1)c1ccn[nH]1. The number of hydrogen-bond donors (Lipinski definition) is 2. The molecule has 0 aromatic carbocycles. The molecule has 1 aromatic heterocycles. The minimum Gasteiger partial charge on any atom is -0.369 e. The summed E-state index contributed by atoms with van der Waals surface area (Å²) in [6.45, 7) is 0.855. The Labute approximate surface area is 116 Å². The van der Waals surface area contributed by atoms with Crippen LogP contribution in [0.2, 0.25) is 0 Å². The highest BCUT2D eigenvalue weighted by molar-refractivity contribution is 5.03. The van der Waals surface area contributed by atoms with Crippen molar-refractivity contribution in [1.29, 1.82) is 0 Å². The van der Waals surface area contributed by atoms with E-state index in [9.17, 15) is 13.2 Å². The zero-order valence-corrected chi connectivity index (χ0v) is 11.4. The van der Waals surface area contributed by atoms with Crippen LogP contribution < -0.4 is 5.32 Å². The zero-order chi connectivity index (χ0) is 14.6. The van der Waals surface area contributed by atoms with Gasteiger partial charge in [0.2, 0.25) is 0 Å². The number of ether oxygens (including phenoxy) is 1. The average molecular weight is 291 g/mol. The molecule has 3 atom stereocenters. The summed E-state index contributed by atoms with van der Waals surface area (Å²) in [5.41, 5.74) is 0.975. The van der Waals surface area contributed by atoms with Gasteiger partial charge in [0.15, 0.2) is 0 Å². The first-order chi connectivity index (χ1) is 9.44. The molecular weight excluding hydrogens is 271 g/mol. The van der Waals surface area contributed by atoms with E-state index in [1.807, 2.05) is 13.0 Å². The van der Waals surface area contributed by atoms with Gasteiger partial charge >= 0.3 is 6.18 Å². The highest BCUT2D eigenvalue weighted by Crippen LogP contribution is 2.25. The number of H-pyrrole nitrogens is 1. The van der Waals surface area contributed by atoms with Gasteiger partial charge in [0.05, 0.1) is 11.8 Å². The molecule has 0 radical (unpaired) electrons. The fourth-order valence-electron chi connectivity index (χ4n) is 2.61. The predicted molar refractivity (Wildman–Crippen MR) is 68.2 cm³/mol. The number of rotatable bonds is 5. The number of alkyl halides is 3. The van der Waals surface area contributed by atoms with Gasteiger partial charge in [-0.3, -0.25) is 5.10 Å². The fourth-order valence-corrected chi connectivity index (χ4v) is 2.61. The molecule has 1 aliphatic rings. The highest BCUT2D eigenvalue weighted by atomic mass is 19.4. The van der Waals surface area contributed by atoms with Crippen molar-refractivity contribution in [3.8, 4) is 0 Å². The third-order valence-electron chi connectivity index (χ3n) is 3.58. The van der Waals surface area contributed by atoms with E-state index in [0.717, 1.165) is 18.5 Å². The van der Waals surface area contributed by atoms with Gasteiger partial charge in [-0.05, 0) is 38.7 Å². The quantitative estimate of drug-likeness (QED) is 0.877. The summed E-state index contributed by atoms with van der Waals surface area (Å²) in [5.74, 6) is 0. The molecule has 0 bridgehead atoms. The Bertz CT molecular complexity index is 394. The largest absolute Gasteiger partial charge is 0.411 e. The van der Waals surface area contributed by atoms with Crippen molar-refractivity contribution in [3.63, 3.8) is 0 Å². The van der Waals surface area contributed by atoms with Gasteiger partial charge in [0.1, 0.15) is 6.61 Å². The molecule has 1 saturated carbocycles. The Balaban J connectivity index is 1.78. The Morgan fingerprint density at radius 2 is 2.30 bits per heavy atom. The monoisotopic (exact) mass is 291 g/mol. The van der Waals surface area contributed by atoms with Gasteiger partial charge in [0, 0.05) is 18.3 Å². The van der Waals surface area contributed by atoms with Crippen molar-refractivity contribution in [2.45, 2.75) is 57.0 Å². The number of aromatic amines is 1. The lowest BCUT2D eigenvalue weighted by atomic mass is 9.92. The topological polar surface area (TPSA) is 49.9 Å². The average Bonchev–Trinajstić information content (AvgIpc) is 2.90. The maximum atomic E-state index is 12.2. The van der Waals surface area contributed by atoms with Crippen molar-refractivity contribution in [2.75, 3.05) is 6.61 Å². The summed E-state index contributed by atoms with van der Waals surface area (Å²) in [6, 6.07) is 2.17. The molecule has 1 aromatic rings. The molecule has 20 heavy (non-hydrogen) atoms. The van der Waals surface area contributed by atoms with Crippen molar-refractivity contribution < 1.29 is 17.9 Å². The predicted octanol–water partition coefficient (Wildman–Crippen LogP) is 2.95. The molecule has 0 amide bonds. The summed E-state index contributed by atoms with van der Waals surface area (Å²) in [7, 11) is 0. The second-order valence-electron chi connectivity index (χ2n) is 5.31. The first-order valence-electron chi connectivity index (χ1n) is 6.88. The Hall–Kier alpha value is -1.08. The van der Waals surface area contributed by atoms with E-state index in [0.29, 0.717) is 12.8 Å². The molecular formula is C13H20F3N3O. The third kappa shape index (κ3) is 4.79. The van der Waals surface area contributed by atoms with Crippen LogP contribution in [0.25, 0.3) is 0 Å². The van der Waals surface area contributed by atoms with Crippen LogP contribution in [0.15, 0.2) is 12.3 Å². The van der Waals surface area contributed by atoms with E-state index in [1.54, 1.807) is 6.20 Å². The molecule has 0 spiro atoms.